The maximum atomic E-state index is 12.6. The summed E-state index contributed by atoms with van der Waals surface area (Å²) in [5.41, 5.74) is 0. The molecular formula is C16H22N4OS. The third-order valence-electron chi connectivity index (χ3n) is 4.34. The van der Waals surface area contributed by atoms with Gasteiger partial charge in [-0.05, 0) is 46.1 Å². The first-order valence-electron chi connectivity index (χ1n) is 7.82. The number of hydrogen-bond acceptors (Lipinski definition) is 5. The van der Waals surface area contributed by atoms with Gasteiger partial charge >= 0.3 is 0 Å². The van der Waals surface area contributed by atoms with Crippen LogP contribution in [0.25, 0.3) is 10.2 Å². The van der Waals surface area contributed by atoms with Crippen molar-refractivity contribution in [3.8, 4) is 0 Å². The lowest BCUT2D eigenvalue weighted by molar-refractivity contribution is -0.135. The molecule has 1 aliphatic heterocycles. The number of aryl methyl sites for hydroxylation is 1. The first-order chi connectivity index (χ1) is 10.6. The van der Waals surface area contributed by atoms with Crippen LogP contribution >= 0.6 is 11.3 Å². The van der Waals surface area contributed by atoms with Crippen molar-refractivity contribution in [2.24, 2.45) is 0 Å². The number of piperidine rings is 1. The molecule has 1 N–H and O–H groups in total. The second-order valence-corrected chi connectivity index (χ2v) is 7.32. The van der Waals surface area contributed by atoms with Gasteiger partial charge in [0.15, 0.2) is 0 Å². The van der Waals surface area contributed by atoms with Crippen molar-refractivity contribution < 1.29 is 4.79 Å². The Hall–Kier alpha value is -1.69. The van der Waals surface area contributed by atoms with Crippen LogP contribution in [-0.4, -0.2) is 39.4 Å². The summed E-state index contributed by atoms with van der Waals surface area (Å²) < 4.78 is 0. The third-order valence-corrected chi connectivity index (χ3v) is 5.30. The number of rotatable bonds is 3. The van der Waals surface area contributed by atoms with Gasteiger partial charge in [0.2, 0.25) is 5.91 Å². The van der Waals surface area contributed by atoms with Crippen molar-refractivity contribution in [3.05, 3.63) is 17.3 Å². The van der Waals surface area contributed by atoms with Crippen molar-refractivity contribution in [1.29, 1.82) is 0 Å². The molecule has 5 nitrogen and oxygen atoms in total. The summed E-state index contributed by atoms with van der Waals surface area (Å²) in [7, 11) is 0. The minimum Gasteiger partial charge on any atom is -0.360 e. The van der Waals surface area contributed by atoms with Crippen LogP contribution in [0.2, 0.25) is 0 Å². The van der Waals surface area contributed by atoms with Gasteiger partial charge in [-0.15, -0.1) is 11.3 Å². The van der Waals surface area contributed by atoms with Crippen LogP contribution < -0.4 is 5.32 Å². The van der Waals surface area contributed by atoms with Crippen molar-refractivity contribution in [2.75, 3.05) is 11.9 Å². The maximum absolute atomic E-state index is 12.6. The average Bonchev–Trinajstić information content (AvgIpc) is 2.85. The van der Waals surface area contributed by atoms with E-state index in [0.717, 1.165) is 28.9 Å². The highest BCUT2D eigenvalue weighted by Crippen LogP contribution is 2.27. The molecule has 3 rings (SSSR count). The molecule has 1 amide bonds. The van der Waals surface area contributed by atoms with Gasteiger partial charge in [0.05, 0.1) is 11.9 Å². The molecule has 22 heavy (non-hydrogen) atoms. The Morgan fingerprint density at radius 1 is 1.36 bits per heavy atom. The molecule has 0 bridgehead atoms. The molecule has 1 saturated heterocycles. The Labute approximate surface area is 134 Å². The highest BCUT2D eigenvalue weighted by molar-refractivity contribution is 7.18. The molecule has 6 heteroatoms. The van der Waals surface area contributed by atoms with Gasteiger partial charge in [-0.1, -0.05) is 0 Å². The number of likely N-dealkylation sites (tertiary alicyclic amines) is 1. The molecule has 1 fully saturated rings. The fraction of sp³-hybridized carbons (Fsp3) is 0.562. The van der Waals surface area contributed by atoms with Crippen LogP contribution in [-0.2, 0) is 4.79 Å². The SMILES string of the molecule is Cc1cc2c(NCC(=O)N3C(C)CCCC3C)ncnc2s1. The minimum atomic E-state index is 0.151. The molecule has 1 aliphatic rings. The first kappa shape index (κ1) is 15.2. The summed E-state index contributed by atoms with van der Waals surface area (Å²) >= 11 is 1.64. The molecule has 2 atom stereocenters. The number of nitrogens with zero attached hydrogens (tertiary/aromatic N) is 3. The second-order valence-electron chi connectivity index (χ2n) is 6.08. The molecule has 0 spiro atoms. The van der Waals surface area contributed by atoms with E-state index in [4.69, 9.17) is 0 Å². The van der Waals surface area contributed by atoms with Gasteiger partial charge < -0.3 is 10.2 Å². The van der Waals surface area contributed by atoms with Crippen molar-refractivity contribution in [3.63, 3.8) is 0 Å². The Morgan fingerprint density at radius 3 is 2.82 bits per heavy atom. The van der Waals surface area contributed by atoms with Crippen LogP contribution in [0, 0.1) is 6.92 Å². The Bertz CT molecular complexity index is 674. The lowest BCUT2D eigenvalue weighted by Crippen LogP contribution is -2.49. The quantitative estimate of drug-likeness (QED) is 0.944. The molecule has 2 unspecified atom stereocenters. The number of fused-ring (bicyclic) bond motifs is 1. The molecule has 2 aromatic heterocycles. The van der Waals surface area contributed by atoms with E-state index in [-0.39, 0.29) is 12.5 Å². The van der Waals surface area contributed by atoms with E-state index in [2.05, 4.69) is 42.1 Å². The minimum absolute atomic E-state index is 0.151. The van der Waals surface area contributed by atoms with Crippen LogP contribution in [0.5, 0.6) is 0 Å². The van der Waals surface area contributed by atoms with E-state index >= 15 is 0 Å². The number of carbonyl (C=O) groups is 1. The summed E-state index contributed by atoms with van der Waals surface area (Å²) in [5.74, 6) is 0.901. The summed E-state index contributed by atoms with van der Waals surface area (Å²) in [6.07, 6.45) is 4.95. The zero-order chi connectivity index (χ0) is 15.7. The Morgan fingerprint density at radius 2 is 2.09 bits per heavy atom. The molecule has 0 aliphatic carbocycles. The lowest BCUT2D eigenvalue weighted by atomic mass is 9.97. The highest BCUT2D eigenvalue weighted by atomic mass is 32.1. The molecular weight excluding hydrogens is 296 g/mol. The van der Waals surface area contributed by atoms with E-state index in [1.165, 1.54) is 11.3 Å². The predicted octanol–water partition coefficient (Wildman–Crippen LogP) is 3.20. The van der Waals surface area contributed by atoms with Crippen molar-refractivity contribution >= 4 is 33.3 Å². The monoisotopic (exact) mass is 318 g/mol. The number of hydrogen-bond donors (Lipinski definition) is 1. The van der Waals surface area contributed by atoms with Gasteiger partial charge in [0.25, 0.3) is 0 Å². The zero-order valence-electron chi connectivity index (χ0n) is 13.3. The molecule has 0 saturated carbocycles. The Kier molecular flexibility index (Phi) is 4.29. The highest BCUT2D eigenvalue weighted by Gasteiger charge is 2.28. The zero-order valence-corrected chi connectivity index (χ0v) is 14.1. The van der Waals surface area contributed by atoms with E-state index < -0.39 is 0 Å². The standard InChI is InChI=1S/C16H22N4OS/c1-10-5-4-6-11(2)20(10)14(21)8-17-15-13-7-12(3)22-16(13)19-9-18-15/h7,9-11H,4-6,8H2,1-3H3,(H,17,18,19). The summed E-state index contributed by atoms with van der Waals surface area (Å²) in [5, 5.41) is 4.20. The van der Waals surface area contributed by atoms with Crippen molar-refractivity contribution in [1.82, 2.24) is 14.9 Å². The fourth-order valence-corrected chi connectivity index (χ4v) is 4.13. The van der Waals surface area contributed by atoms with Gasteiger partial charge in [-0.25, -0.2) is 9.97 Å². The summed E-state index contributed by atoms with van der Waals surface area (Å²) in [4.78, 5) is 25.3. The van der Waals surface area contributed by atoms with Gasteiger partial charge in [0, 0.05) is 17.0 Å². The van der Waals surface area contributed by atoms with Gasteiger partial charge in [-0.2, -0.15) is 0 Å². The number of carbonyl (C=O) groups excluding carboxylic acids is 1. The normalized spacial score (nSPS) is 22.0. The van der Waals surface area contributed by atoms with Crippen molar-refractivity contribution in [2.45, 2.75) is 52.1 Å². The van der Waals surface area contributed by atoms with Crippen LogP contribution in [0.1, 0.15) is 38.0 Å². The molecule has 118 valence electrons. The van der Waals surface area contributed by atoms with E-state index in [1.807, 2.05) is 4.90 Å². The van der Waals surface area contributed by atoms with Gasteiger partial charge in [0.1, 0.15) is 17.0 Å². The van der Waals surface area contributed by atoms with E-state index in [0.29, 0.717) is 12.1 Å². The molecule has 3 heterocycles. The third kappa shape index (κ3) is 2.92. The van der Waals surface area contributed by atoms with E-state index in [9.17, 15) is 4.79 Å². The molecule has 0 radical (unpaired) electrons. The first-order valence-corrected chi connectivity index (χ1v) is 8.64. The molecule has 0 aromatic carbocycles. The maximum Gasteiger partial charge on any atom is 0.242 e. The summed E-state index contributed by atoms with van der Waals surface area (Å²) in [6, 6.07) is 2.72. The number of thiophene rings is 1. The second kappa shape index (κ2) is 6.20. The largest absolute Gasteiger partial charge is 0.360 e. The van der Waals surface area contributed by atoms with Crippen LogP contribution in [0.15, 0.2) is 12.4 Å². The number of amides is 1. The average molecular weight is 318 g/mol. The summed E-state index contributed by atoms with van der Waals surface area (Å²) in [6.45, 7) is 6.62. The van der Waals surface area contributed by atoms with Crippen LogP contribution in [0.4, 0.5) is 5.82 Å². The van der Waals surface area contributed by atoms with Crippen LogP contribution in [0.3, 0.4) is 0 Å². The number of anilines is 1. The molecule has 2 aromatic rings. The lowest BCUT2D eigenvalue weighted by Gasteiger charge is -2.39. The smallest absolute Gasteiger partial charge is 0.242 e. The fourth-order valence-electron chi connectivity index (χ4n) is 3.28. The number of aromatic nitrogens is 2. The predicted molar refractivity (Wildman–Crippen MR) is 90.3 cm³/mol. The Balaban J connectivity index is 1.72. The number of nitrogens with one attached hydrogen (secondary N) is 1. The topological polar surface area (TPSA) is 58.1 Å². The van der Waals surface area contributed by atoms with E-state index in [1.54, 1.807) is 17.7 Å². The van der Waals surface area contributed by atoms with Gasteiger partial charge in [-0.3, -0.25) is 4.79 Å².